The van der Waals surface area contributed by atoms with Gasteiger partial charge in [-0.1, -0.05) is 13.8 Å². The fourth-order valence-electron chi connectivity index (χ4n) is 1.68. The van der Waals surface area contributed by atoms with Crippen LogP contribution in [0.3, 0.4) is 0 Å². The molecular formula is C11H8Br4S2. The molecule has 2 aromatic heterocycles. The maximum Gasteiger partial charge on any atom is 0.0751 e. The van der Waals surface area contributed by atoms with Crippen LogP contribution < -0.4 is 0 Å². The molecule has 0 saturated carbocycles. The smallest absolute Gasteiger partial charge is 0.0751 e. The molecule has 0 radical (unpaired) electrons. The third-order valence-electron chi connectivity index (χ3n) is 2.66. The van der Waals surface area contributed by atoms with Crippen LogP contribution in [0.15, 0.2) is 27.3 Å². The van der Waals surface area contributed by atoms with Gasteiger partial charge in [-0.15, -0.1) is 22.7 Å². The largest absolute Gasteiger partial charge is 0.121 e. The second-order valence-corrected chi connectivity index (χ2v) is 11.6. The summed E-state index contributed by atoms with van der Waals surface area (Å²) in [6.45, 7) is 4.48. The molecular weight excluding hydrogens is 516 g/mol. The first-order chi connectivity index (χ1) is 7.82. The Labute approximate surface area is 142 Å². The van der Waals surface area contributed by atoms with Crippen molar-refractivity contribution in [3.8, 4) is 0 Å². The molecule has 0 fully saturated rings. The predicted octanol–water partition coefficient (Wildman–Crippen LogP) is 7.19. The Kier molecular flexibility index (Phi) is 4.65. The molecule has 2 rings (SSSR count). The van der Waals surface area contributed by atoms with Crippen LogP contribution in [0.2, 0.25) is 0 Å². The average molecular weight is 524 g/mol. The normalized spacial score (nSPS) is 12.1. The van der Waals surface area contributed by atoms with Gasteiger partial charge in [0.25, 0.3) is 0 Å². The summed E-state index contributed by atoms with van der Waals surface area (Å²) >= 11 is 17.8. The Balaban J connectivity index is 2.56. The first-order valence-corrected chi connectivity index (χ1v) is 9.53. The van der Waals surface area contributed by atoms with Gasteiger partial charge in [0, 0.05) is 5.41 Å². The van der Waals surface area contributed by atoms with Crippen LogP contribution in [0.25, 0.3) is 0 Å². The van der Waals surface area contributed by atoms with Gasteiger partial charge in [-0.25, -0.2) is 0 Å². The fraction of sp³-hybridized carbons (Fsp3) is 0.273. The predicted molar refractivity (Wildman–Crippen MR) is 91.6 cm³/mol. The molecule has 0 nitrogen and oxygen atoms in total. The molecule has 2 aromatic rings. The molecule has 0 aliphatic carbocycles. The lowest BCUT2D eigenvalue weighted by Gasteiger charge is -2.24. The molecule has 0 bridgehead atoms. The second-order valence-electron chi connectivity index (χ2n) is 4.10. The molecule has 0 aromatic carbocycles. The van der Waals surface area contributed by atoms with Crippen LogP contribution in [-0.2, 0) is 5.41 Å². The number of halogens is 4. The van der Waals surface area contributed by atoms with Gasteiger partial charge in [0.05, 0.1) is 15.1 Å². The zero-order valence-electron chi connectivity index (χ0n) is 8.98. The van der Waals surface area contributed by atoms with E-state index in [0.29, 0.717) is 0 Å². The zero-order chi connectivity index (χ0) is 12.8. The van der Waals surface area contributed by atoms with E-state index in [-0.39, 0.29) is 5.41 Å². The van der Waals surface area contributed by atoms with Gasteiger partial charge in [-0.05, 0) is 87.0 Å². The molecule has 92 valence electrons. The zero-order valence-corrected chi connectivity index (χ0v) is 17.0. The topological polar surface area (TPSA) is 0 Å². The lowest BCUT2D eigenvalue weighted by atomic mass is 9.81. The molecule has 17 heavy (non-hydrogen) atoms. The van der Waals surface area contributed by atoms with Crippen molar-refractivity contribution in [1.29, 1.82) is 0 Å². The summed E-state index contributed by atoms with van der Waals surface area (Å²) in [4.78, 5) is 0. The highest BCUT2D eigenvalue weighted by atomic mass is 79.9. The third-order valence-corrected chi connectivity index (χ3v) is 7.34. The minimum atomic E-state index is -0.0251. The molecule has 0 spiro atoms. The van der Waals surface area contributed by atoms with E-state index >= 15 is 0 Å². The summed E-state index contributed by atoms with van der Waals surface area (Å²) in [5, 5.41) is 0. The van der Waals surface area contributed by atoms with Gasteiger partial charge in [0.2, 0.25) is 0 Å². The molecule has 0 aliphatic rings. The highest BCUT2D eigenvalue weighted by Gasteiger charge is 2.30. The van der Waals surface area contributed by atoms with Gasteiger partial charge < -0.3 is 0 Å². The summed E-state index contributed by atoms with van der Waals surface area (Å²) in [5.41, 5.74) is 2.59. The van der Waals surface area contributed by atoms with E-state index in [1.165, 1.54) is 18.7 Å². The molecule has 0 N–H and O–H groups in total. The van der Waals surface area contributed by atoms with E-state index in [4.69, 9.17) is 0 Å². The van der Waals surface area contributed by atoms with E-state index in [1.807, 2.05) is 0 Å². The first kappa shape index (κ1) is 14.7. The Morgan fingerprint density at radius 1 is 0.824 bits per heavy atom. The van der Waals surface area contributed by atoms with Crippen molar-refractivity contribution in [2.45, 2.75) is 19.3 Å². The molecule has 0 atom stereocenters. The second kappa shape index (κ2) is 5.37. The number of thiophene rings is 2. The van der Waals surface area contributed by atoms with Gasteiger partial charge in [-0.3, -0.25) is 0 Å². The first-order valence-electron chi connectivity index (χ1n) is 4.73. The van der Waals surface area contributed by atoms with Crippen molar-refractivity contribution in [2.24, 2.45) is 0 Å². The standard InChI is InChI=1S/C11H8Br4S2/c1-11(2,5-3-7(12)16-9(5)14)6-4-8(13)17-10(6)15/h3-4H,1-2H3. The van der Waals surface area contributed by atoms with Crippen LogP contribution in [0, 0.1) is 0 Å². The van der Waals surface area contributed by atoms with E-state index in [0.717, 1.165) is 7.57 Å². The Hall–Kier alpha value is 1.32. The average Bonchev–Trinajstić information content (AvgIpc) is 2.70. The summed E-state index contributed by atoms with van der Waals surface area (Å²) in [6, 6.07) is 4.37. The van der Waals surface area contributed by atoms with Crippen molar-refractivity contribution >= 4 is 86.4 Å². The molecule has 0 amide bonds. The van der Waals surface area contributed by atoms with Crippen LogP contribution >= 0.6 is 86.4 Å². The SMILES string of the molecule is CC(C)(c1cc(Br)sc1Br)c1cc(Br)sc1Br. The Morgan fingerprint density at radius 3 is 1.41 bits per heavy atom. The van der Waals surface area contributed by atoms with Crippen LogP contribution in [0.4, 0.5) is 0 Å². The van der Waals surface area contributed by atoms with Crippen molar-refractivity contribution in [3.05, 3.63) is 38.4 Å². The quantitative estimate of drug-likeness (QED) is 0.391. The highest BCUT2D eigenvalue weighted by molar-refractivity contribution is 9.12. The summed E-state index contributed by atoms with van der Waals surface area (Å²) < 4.78 is 4.67. The lowest BCUT2D eigenvalue weighted by molar-refractivity contribution is 0.640. The minimum Gasteiger partial charge on any atom is -0.121 e. The lowest BCUT2D eigenvalue weighted by Crippen LogP contribution is -2.18. The Bertz CT molecular complexity index is 506. The van der Waals surface area contributed by atoms with Gasteiger partial charge >= 0.3 is 0 Å². The van der Waals surface area contributed by atoms with Crippen molar-refractivity contribution in [3.63, 3.8) is 0 Å². The van der Waals surface area contributed by atoms with Crippen molar-refractivity contribution < 1.29 is 0 Å². The maximum atomic E-state index is 3.65. The Morgan fingerprint density at radius 2 is 1.18 bits per heavy atom. The molecule has 0 aliphatic heterocycles. The van der Waals surface area contributed by atoms with E-state index in [1.54, 1.807) is 22.7 Å². The molecule has 0 saturated heterocycles. The van der Waals surface area contributed by atoms with E-state index < -0.39 is 0 Å². The molecule has 6 heteroatoms. The molecule has 0 unspecified atom stereocenters. The molecule has 2 heterocycles. The van der Waals surface area contributed by atoms with Crippen molar-refractivity contribution in [1.82, 2.24) is 0 Å². The maximum absolute atomic E-state index is 3.65. The van der Waals surface area contributed by atoms with Gasteiger partial charge in [0.1, 0.15) is 0 Å². The summed E-state index contributed by atoms with van der Waals surface area (Å²) in [5.74, 6) is 0. The number of hydrogen-bond acceptors (Lipinski definition) is 2. The van der Waals surface area contributed by atoms with Gasteiger partial charge in [0.15, 0.2) is 0 Å². The third kappa shape index (κ3) is 2.92. The fourth-order valence-corrected chi connectivity index (χ4v) is 8.22. The van der Waals surface area contributed by atoms with E-state index in [9.17, 15) is 0 Å². The highest BCUT2D eigenvalue weighted by Crippen LogP contribution is 2.47. The van der Waals surface area contributed by atoms with E-state index in [2.05, 4.69) is 89.7 Å². The van der Waals surface area contributed by atoms with Crippen LogP contribution in [0.5, 0.6) is 0 Å². The number of rotatable bonds is 2. The summed E-state index contributed by atoms with van der Waals surface area (Å²) in [7, 11) is 0. The monoisotopic (exact) mass is 520 g/mol. The van der Waals surface area contributed by atoms with Crippen LogP contribution in [-0.4, -0.2) is 0 Å². The number of hydrogen-bond donors (Lipinski definition) is 0. The van der Waals surface area contributed by atoms with Crippen LogP contribution in [0.1, 0.15) is 25.0 Å². The summed E-state index contributed by atoms with van der Waals surface area (Å²) in [6.07, 6.45) is 0. The minimum absolute atomic E-state index is 0.0251. The van der Waals surface area contributed by atoms with Gasteiger partial charge in [-0.2, -0.15) is 0 Å². The van der Waals surface area contributed by atoms with Crippen molar-refractivity contribution in [2.75, 3.05) is 0 Å².